The second-order valence-corrected chi connectivity index (χ2v) is 10.8. The maximum Gasteiger partial charge on any atom is 0.407 e. The molecule has 3 rings (SSSR count). The summed E-state index contributed by atoms with van der Waals surface area (Å²) in [5.74, 6) is -0.152. The van der Waals surface area contributed by atoms with Crippen molar-refractivity contribution in [1.82, 2.24) is 20.9 Å². The van der Waals surface area contributed by atoms with E-state index in [4.69, 9.17) is 21.7 Å². The number of methoxy groups -OCH3 is 1. The molecule has 4 N–H and O–H groups in total. The van der Waals surface area contributed by atoms with Crippen molar-refractivity contribution in [3.05, 3.63) is 70.7 Å². The van der Waals surface area contributed by atoms with Gasteiger partial charge in [-0.2, -0.15) is 0 Å². The minimum atomic E-state index is -0.959. The summed E-state index contributed by atoms with van der Waals surface area (Å²) in [5, 5.41) is 17.8. The maximum atomic E-state index is 13.6. The number of hydrogen-bond acceptors (Lipinski definition) is 5. The van der Waals surface area contributed by atoms with Crippen molar-refractivity contribution in [3.63, 3.8) is 0 Å². The third-order valence-electron chi connectivity index (χ3n) is 6.72. The summed E-state index contributed by atoms with van der Waals surface area (Å²) >= 11 is 6.07. The van der Waals surface area contributed by atoms with Crippen molar-refractivity contribution < 1.29 is 19.1 Å². The number of carbonyl (C=O) groups excluding carboxylic acids is 3. The molecule has 1 heterocycles. The van der Waals surface area contributed by atoms with E-state index in [-0.39, 0.29) is 36.2 Å². The van der Waals surface area contributed by atoms with Crippen LogP contribution < -0.4 is 16.0 Å². The zero-order chi connectivity index (χ0) is 28.6. The van der Waals surface area contributed by atoms with Crippen LogP contribution in [0.25, 0.3) is 0 Å². The molecule has 0 aromatic heterocycles. The lowest BCUT2D eigenvalue weighted by Gasteiger charge is -2.29. The molecule has 1 fully saturated rings. The van der Waals surface area contributed by atoms with E-state index in [1.165, 1.54) is 12.0 Å². The molecule has 1 saturated heterocycles. The molecule has 0 saturated carbocycles. The van der Waals surface area contributed by atoms with Crippen molar-refractivity contribution in [2.45, 2.75) is 64.1 Å². The van der Waals surface area contributed by atoms with E-state index in [1.54, 1.807) is 18.2 Å². The highest BCUT2D eigenvalue weighted by molar-refractivity contribution is 6.30. The number of halogens is 1. The van der Waals surface area contributed by atoms with Crippen LogP contribution in [0.15, 0.2) is 54.6 Å². The molecule has 2 aromatic carbocycles. The minimum absolute atomic E-state index is 0.0880. The van der Waals surface area contributed by atoms with E-state index in [1.807, 2.05) is 43.3 Å². The quantitative estimate of drug-likeness (QED) is 0.312. The van der Waals surface area contributed by atoms with Gasteiger partial charge in [0.15, 0.2) is 5.96 Å². The zero-order valence-electron chi connectivity index (χ0n) is 22.9. The number of ether oxygens (including phenoxy) is 1. The molecule has 2 aromatic rings. The highest BCUT2D eigenvalue weighted by atomic mass is 35.5. The molecule has 3 amide bonds. The summed E-state index contributed by atoms with van der Waals surface area (Å²) in [4.78, 5) is 40.0. The third kappa shape index (κ3) is 7.72. The van der Waals surface area contributed by atoms with Gasteiger partial charge in [-0.1, -0.05) is 67.9 Å². The molecule has 0 spiro atoms. The van der Waals surface area contributed by atoms with Crippen molar-refractivity contribution in [2.75, 3.05) is 13.7 Å². The fourth-order valence-corrected chi connectivity index (χ4v) is 5.15. The van der Waals surface area contributed by atoms with Gasteiger partial charge in [0.1, 0.15) is 11.6 Å². The topological polar surface area (TPSA) is 124 Å². The number of nitrogens with zero attached hydrogens (tertiary/aromatic N) is 1. The van der Waals surface area contributed by atoms with Crippen LogP contribution >= 0.6 is 11.6 Å². The minimum Gasteiger partial charge on any atom is -0.453 e. The smallest absolute Gasteiger partial charge is 0.407 e. The fraction of sp³-hybridized carbons (Fsp3) is 0.448. The predicted octanol–water partition coefficient (Wildman–Crippen LogP) is 4.20. The average Bonchev–Trinajstić information content (AvgIpc) is 3.13. The first-order chi connectivity index (χ1) is 18.6. The number of guanidine groups is 1. The number of hydrogen-bond donors (Lipinski definition) is 4. The SMILES string of the molecule is COC(=O)N[C@@H](Cc1cccc(Cl)c1)C(=O)NC(C)CCCN1C(=N)NC(CC(C)C)(c2ccccc2)C1=O. The van der Waals surface area contributed by atoms with E-state index in [0.717, 1.165) is 11.1 Å². The van der Waals surface area contributed by atoms with Crippen molar-refractivity contribution in [3.8, 4) is 0 Å². The molecule has 2 unspecified atom stereocenters. The van der Waals surface area contributed by atoms with Gasteiger partial charge in [0.05, 0.1) is 7.11 Å². The summed E-state index contributed by atoms with van der Waals surface area (Å²) in [6.07, 6.45) is 1.27. The Morgan fingerprint density at radius 2 is 1.82 bits per heavy atom. The largest absolute Gasteiger partial charge is 0.453 e. The van der Waals surface area contributed by atoms with Crippen LogP contribution in [-0.2, 0) is 26.3 Å². The fourth-order valence-electron chi connectivity index (χ4n) is 4.94. The van der Waals surface area contributed by atoms with Gasteiger partial charge >= 0.3 is 6.09 Å². The molecule has 39 heavy (non-hydrogen) atoms. The van der Waals surface area contributed by atoms with Gasteiger partial charge < -0.3 is 20.7 Å². The van der Waals surface area contributed by atoms with E-state index in [0.29, 0.717) is 30.8 Å². The molecule has 1 aliphatic rings. The van der Waals surface area contributed by atoms with Gasteiger partial charge in [-0.25, -0.2) is 4.79 Å². The Balaban J connectivity index is 1.60. The molecular weight excluding hydrogens is 518 g/mol. The average molecular weight is 556 g/mol. The summed E-state index contributed by atoms with van der Waals surface area (Å²) in [7, 11) is 1.24. The molecule has 210 valence electrons. The normalized spacial score (nSPS) is 18.5. The highest BCUT2D eigenvalue weighted by Crippen LogP contribution is 2.35. The molecule has 0 aliphatic carbocycles. The number of nitrogens with one attached hydrogen (secondary N) is 4. The number of carbonyl (C=O) groups is 3. The lowest BCUT2D eigenvalue weighted by molar-refractivity contribution is -0.132. The van der Waals surface area contributed by atoms with Crippen LogP contribution in [0, 0.1) is 11.3 Å². The van der Waals surface area contributed by atoms with Crippen molar-refractivity contribution >= 4 is 35.5 Å². The summed E-state index contributed by atoms with van der Waals surface area (Å²) in [6, 6.07) is 15.6. The number of benzene rings is 2. The number of alkyl carbamates (subject to hydrolysis) is 1. The van der Waals surface area contributed by atoms with Gasteiger partial charge in [-0.05, 0) is 55.4 Å². The van der Waals surface area contributed by atoms with Crippen LogP contribution in [0.4, 0.5) is 4.79 Å². The Hall–Kier alpha value is -3.59. The van der Waals surface area contributed by atoms with Gasteiger partial charge in [0.2, 0.25) is 5.91 Å². The Morgan fingerprint density at radius 1 is 1.10 bits per heavy atom. The zero-order valence-corrected chi connectivity index (χ0v) is 23.7. The molecule has 1 aliphatic heterocycles. The molecular formula is C29H38ClN5O4. The summed E-state index contributed by atoms with van der Waals surface area (Å²) in [6.45, 7) is 6.34. The van der Waals surface area contributed by atoms with Crippen molar-refractivity contribution in [1.29, 1.82) is 5.41 Å². The second-order valence-electron chi connectivity index (χ2n) is 10.4. The Bertz CT molecular complexity index is 1180. The van der Waals surface area contributed by atoms with Gasteiger partial charge in [-0.3, -0.25) is 19.9 Å². The lowest BCUT2D eigenvalue weighted by atomic mass is 9.82. The van der Waals surface area contributed by atoms with Crippen LogP contribution in [0.3, 0.4) is 0 Å². The second kappa shape index (κ2) is 13.5. The van der Waals surface area contributed by atoms with E-state index < -0.39 is 17.7 Å². The Labute approximate surface area is 235 Å². The first kappa shape index (κ1) is 30.0. The highest BCUT2D eigenvalue weighted by Gasteiger charge is 2.50. The van der Waals surface area contributed by atoms with Crippen LogP contribution in [0.1, 0.15) is 51.2 Å². The van der Waals surface area contributed by atoms with Gasteiger partial charge in [0.25, 0.3) is 5.91 Å². The van der Waals surface area contributed by atoms with Gasteiger partial charge in [0, 0.05) is 24.0 Å². The predicted molar refractivity (Wildman–Crippen MR) is 151 cm³/mol. The molecule has 3 atom stereocenters. The first-order valence-corrected chi connectivity index (χ1v) is 13.6. The van der Waals surface area contributed by atoms with E-state index in [2.05, 4.69) is 29.8 Å². The number of amides is 3. The van der Waals surface area contributed by atoms with Crippen molar-refractivity contribution in [2.24, 2.45) is 5.92 Å². The number of rotatable bonds is 12. The van der Waals surface area contributed by atoms with Crippen LogP contribution in [-0.4, -0.2) is 54.5 Å². The monoisotopic (exact) mass is 555 g/mol. The summed E-state index contributed by atoms with van der Waals surface area (Å²) in [5.41, 5.74) is 0.688. The molecule has 10 heteroatoms. The Morgan fingerprint density at radius 3 is 2.46 bits per heavy atom. The van der Waals surface area contributed by atoms with E-state index >= 15 is 0 Å². The maximum absolute atomic E-state index is 13.6. The van der Waals surface area contributed by atoms with Crippen LogP contribution in [0.2, 0.25) is 5.02 Å². The van der Waals surface area contributed by atoms with Gasteiger partial charge in [-0.15, -0.1) is 0 Å². The third-order valence-corrected chi connectivity index (χ3v) is 6.96. The summed E-state index contributed by atoms with van der Waals surface area (Å²) < 4.78 is 4.69. The Kier molecular flexibility index (Phi) is 10.3. The lowest BCUT2D eigenvalue weighted by Crippen LogP contribution is -2.50. The molecule has 0 bridgehead atoms. The molecule has 0 radical (unpaired) electrons. The first-order valence-electron chi connectivity index (χ1n) is 13.2. The standard InChI is InChI=1S/C29H38ClN5O4/c1-19(2)18-29(22-12-6-5-7-13-22)26(37)35(27(31)34-29)15-9-10-20(3)32-25(36)24(33-28(38)39-4)17-21-11-8-14-23(30)16-21/h5-8,11-14,16,19-20,24H,9-10,15,17-18H2,1-4H3,(H2,31,34)(H,32,36)(H,33,38)/t20?,24-,29?/m0/s1. The van der Waals surface area contributed by atoms with E-state index in [9.17, 15) is 14.4 Å². The molecule has 9 nitrogen and oxygen atoms in total. The van der Waals surface area contributed by atoms with Crippen LogP contribution in [0.5, 0.6) is 0 Å².